The highest BCUT2D eigenvalue weighted by Crippen LogP contribution is 2.37. The van der Waals surface area contributed by atoms with Crippen molar-refractivity contribution >= 4 is 0 Å². The van der Waals surface area contributed by atoms with Crippen LogP contribution < -0.4 is 5.32 Å². The molecule has 1 N–H and O–H groups in total. The van der Waals surface area contributed by atoms with Crippen LogP contribution in [0.15, 0.2) is 24.3 Å². The summed E-state index contributed by atoms with van der Waals surface area (Å²) >= 11 is 0. The van der Waals surface area contributed by atoms with Crippen molar-refractivity contribution < 1.29 is 0 Å². The number of hydrogen-bond acceptors (Lipinski definition) is 1. The smallest absolute Gasteiger partial charge is 0.00812 e. The summed E-state index contributed by atoms with van der Waals surface area (Å²) in [6.07, 6.45) is 3.85. The number of benzene rings is 1. The van der Waals surface area contributed by atoms with Crippen LogP contribution in [0.25, 0.3) is 0 Å². The molecule has 0 bridgehead atoms. The SMILES string of the molecule is CCC(C)NC1CC(c2cccc(C)c2)C1. The van der Waals surface area contributed by atoms with Crippen LogP contribution in [0.2, 0.25) is 0 Å². The largest absolute Gasteiger partial charge is 0.311 e. The zero-order chi connectivity index (χ0) is 11.5. The van der Waals surface area contributed by atoms with Gasteiger partial charge in [-0.25, -0.2) is 0 Å². The predicted molar refractivity (Wildman–Crippen MR) is 69.8 cm³/mol. The lowest BCUT2D eigenvalue weighted by molar-refractivity contribution is 0.267. The average molecular weight is 217 g/mol. The molecule has 0 heterocycles. The van der Waals surface area contributed by atoms with Crippen LogP contribution >= 0.6 is 0 Å². The van der Waals surface area contributed by atoms with Crippen LogP contribution in [-0.2, 0) is 0 Å². The molecule has 1 saturated carbocycles. The predicted octanol–water partition coefficient (Wildman–Crippen LogP) is 3.63. The van der Waals surface area contributed by atoms with E-state index in [1.165, 1.54) is 30.4 Å². The van der Waals surface area contributed by atoms with Gasteiger partial charge in [0.2, 0.25) is 0 Å². The van der Waals surface area contributed by atoms with Crippen LogP contribution in [0.4, 0.5) is 0 Å². The van der Waals surface area contributed by atoms with Crippen molar-refractivity contribution in [2.45, 2.75) is 58.0 Å². The molecule has 1 aliphatic carbocycles. The van der Waals surface area contributed by atoms with Gasteiger partial charge in [0, 0.05) is 12.1 Å². The minimum absolute atomic E-state index is 0.670. The van der Waals surface area contributed by atoms with Gasteiger partial charge in [0.1, 0.15) is 0 Å². The van der Waals surface area contributed by atoms with Crippen molar-refractivity contribution in [1.82, 2.24) is 5.32 Å². The highest BCUT2D eigenvalue weighted by Gasteiger charge is 2.30. The highest BCUT2D eigenvalue weighted by molar-refractivity contribution is 5.27. The Morgan fingerprint density at radius 2 is 2.12 bits per heavy atom. The van der Waals surface area contributed by atoms with Crippen LogP contribution in [0.3, 0.4) is 0 Å². The summed E-state index contributed by atoms with van der Waals surface area (Å²) < 4.78 is 0. The minimum atomic E-state index is 0.670. The molecule has 1 aromatic rings. The monoisotopic (exact) mass is 217 g/mol. The van der Waals surface area contributed by atoms with Crippen LogP contribution in [-0.4, -0.2) is 12.1 Å². The molecule has 0 spiro atoms. The summed E-state index contributed by atoms with van der Waals surface area (Å²) in [6, 6.07) is 10.4. The van der Waals surface area contributed by atoms with E-state index in [-0.39, 0.29) is 0 Å². The van der Waals surface area contributed by atoms with Gasteiger partial charge in [-0.2, -0.15) is 0 Å². The summed E-state index contributed by atoms with van der Waals surface area (Å²) in [6.45, 7) is 6.70. The Bertz CT molecular complexity index is 339. The first-order valence-corrected chi connectivity index (χ1v) is 6.51. The first kappa shape index (κ1) is 11.7. The molecule has 1 heteroatoms. The van der Waals surface area contributed by atoms with E-state index in [0.717, 1.165) is 12.0 Å². The van der Waals surface area contributed by atoms with Gasteiger partial charge >= 0.3 is 0 Å². The fraction of sp³-hybridized carbons (Fsp3) is 0.600. The molecule has 2 rings (SSSR count). The van der Waals surface area contributed by atoms with E-state index in [9.17, 15) is 0 Å². The lowest BCUT2D eigenvalue weighted by Crippen LogP contribution is -2.44. The lowest BCUT2D eigenvalue weighted by atomic mass is 9.75. The first-order valence-electron chi connectivity index (χ1n) is 6.51. The Kier molecular flexibility index (Phi) is 3.65. The molecule has 1 nitrogen and oxygen atoms in total. The van der Waals surface area contributed by atoms with E-state index in [4.69, 9.17) is 0 Å². The van der Waals surface area contributed by atoms with E-state index in [1.807, 2.05) is 0 Å². The number of nitrogens with one attached hydrogen (secondary N) is 1. The summed E-state index contributed by atoms with van der Waals surface area (Å²) in [7, 11) is 0. The van der Waals surface area contributed by atoms with Crippen LogP contribution in [0, 0.1) is 6.92 Å². The molecule has 0 aromatic heterocycles. The van der Waals surface area contributed by atoms with Gasteiger partial charge in [-0.1, -0.05) is 36.8 Å². The normalized spacial score (nSPS) is 26.2. The van der Waals surface area contributed by atoms with E-state index in [2.05, 4.69) is 50.4 Å². The number of hydrogen-bond donors (Lipinski definition) is 1. The molecule has 1 aliphatic rings. The maximum absolute atomic E-state index is 3.68. The van der Waals surface area contributed by atoms with Crippen molar-refractivity contribution in [3.63, 3.8) is 0 Å². The zero-order valence-electron chi connectivity index (χ0n) is 10.7. The van der Waals surface area contributed by atoms with E-state index in [0.29, 0.717) is 6.04 Å². The van der Waals surface area contributed by atoms with Crippen molar-refractivity contribution in [3.8, 4) is 0 Å². The van der Waals surface area contributed by atoms with Gasteiger partial charge in [0.25, 0.3) is 0 Å². The molecule has 0 saturated heterocycles. The fourth-order valence-corrected chi connectivity index (χ4v) is 2.47. The average Bonchev–Trinajstić information content (AvgIpc) is 2.22. The third kappa shape index (κ3) is 2.65. The van der Waals surface area contributed by atoms with E-state index < -0.39 is 0 Å². The Balaban J connectivity index is 1.84. The van der Waals surface area contributed by atoms with E-state index >= 15 is 0 Å². The van der Waals surface area contributed by atoms with Crippen LogP contribution in [0.1, 0.15) is 50.2 Å². The molecular formula is C15H23N. The lowest BCUT2D eigenvalue weighted by Gasteiger charge is -2.38. The summed E-state index contributed by atoms with van der Waals surface area (Å²) in [5.41, 5.74) is 2.91. The van der Waals surface area contributed by atoms with Gasteiger partial charge in [0.05, 0.1) is 0 Å². The maximum Gasteiger partial charge on any atom is 0.00812 e. The maximum atomic E-state index is 3.68. The van der Waals surface area contributed by atoms with Gasteiger partial charge in [0.15, 0.2) is 0 Å². The quantitative estimate of drug-likeness (QED) is 0.812. The molecule has 88 valence electrons. The molecule has 1 fully saturated rings. The molecule has 0 amide bonds. The second-order valence-electron chi connectivity index (χ2n) is 5.26. The molecule has 1 unspecified atom stereocenters. The molecule has 1 aromatic carbocycles. The topological polar surface area (TPSA) is 12.0 Å². The van der Waals surface area contributed by atoms with Gasteiger partial charge in [-0.3, -0.25) is 0 Å². The Hall–Kier alpha value is -0.820. The summed E-state index contributed by atoms with van der Waals surface area (Å²) in [5.74, 6) is 0.793. The van der Waals surface area contributed by atoms with Crippen LogP contribution in [0.5, 0.6) is 0 Å². The molecule has 16 heavy (non-hydrogen) atoms. The first-order chi connectivity index (χ1) is 7.69. The van der Waals surface area contributed by atoms with Gasteiger partial charge < -0.3 is 5.32 Å². The minimum Gasteiger partial charge on any atom is -0.311 e. The van der Waals surface area contributed by atoms with Gasteiger partial charge in [-0.15, -0.1) is 0 Å². The van der Waals surface area contributed by atoms with Crippen molar-refractivity contribution in [3.05, 3.63) is 35.4 Å². The molecule has 1 atom stereocenters. The molecular weight excluding hydrogens is 194 g/mol. The molecule has 0 aliphatic heterocycles. The summed E-state index contributed by atoms with van der Waals surface area (Å²) in [4.78, 5) is 0. The Morgan fingerprint density at radius 3 is 2.75 bits per heavy atom. The number of rotatable bonds is 4. The third-order valence-corrected chi connectivity index (χ3v) is 3.78. The van der Waals surface area contributed by atoms with Crippen molar-refractivity contribution in [1.29, 1.82) is 0 Å². The fourth-order valence-electron chi connectivity index (χ4n) is 2.47. The highest BCUT2D eigenvalue weighted by atomic mass is 15.0. The zero-order valence-corrected chi connectivity index (χ0v) is 10.7. The van der Waals surface area contributed by atoms with Crippen molar-refractivity contribution in [2.75, 3.05) is 0 Å². The summed E-state index contributed by atoms with van der Waals surface area (Å²) in [5, 5.41) is 3.68. The standard InChI is InChI=1S/C15H23N/c1-4-12(3)16-15-9-14(10-15)13-7-5-6-11(2)8-13/h5-8,12,14-16H,4,9-10H2,1-3H3. The Morgan fingerprint density at radius 1 is 1.38 bits per heavy atom. The van der Waals surface area contributed by atoms with Crippen molar-refractivity contribution in [2.24, 2.45) is 0 Å². The second kappa shape index (κ2) is 5.01. The third-order valence-electron chi connectivity index (χ3n) is 3.78. The number of aryl methyl sites for hydroxylation is 1. The Labute approximate surface area is 99.3 Å². The second-order valence-corrected chi connectivity index (χ2v) is 5.26. The van der Waals surface area contributed by atoms with E-state index in [1.54, 1.807) is 0 Å². The van der Waals surface area contributed by atoms with Gasteiger partial charge in [-0.05, 0) is 44.6 Å². The molecule has 0 radical (unpaired) electrons.